The van der Waals surface area contributed by atoms with E-state index < -0.39 is 0 Å². The molecule has 0 bridgehead atoms. The van der Waals surface area contributed by atoms with E-state index in [1.54, 1.807) is 0 Å². The van der Waals surface area contributed by atoms with E-state index in [0.717, 1.165) is 13.1 Å². The minimum absolute atomic E-state index is 0.438. The van der Waals surface area contributed by atoms with Crippen LogP contribution in [0.3, 0.4) is 0 Å². The Kier molecular flexibility index (Phi) is 6.15. The van der Waals surface area contributed by atoms with E-state index in [-0.39, 0.29) is 0 Å². The van der Waals surface area contributed by atoms with Crippen LogP contribution >= 0.6 is 11.8 Å². The molecule has 2 rings (SSSR count). The van der Waals surface area contributed by atoms with Crippen LogP contribution in [0.4, 0.5) is 0 Å². The lowest BCUT2D eigenvalue weighted by Gasteiger charge is -2.23. The fourth-order valence-electron chi connectivity index (χ4n) is 2.66. The Bertz CT molecular complexity index is 443. The highest BCUT2D eigenvalue weighted by Gasteiger charge is 2.23. The Labute approximate surface area is 134 Å². The molecule has 0 unspecified atom stereocenters. The summed E-state index contributed by atoms with van der Waals surface area (Å²) in [6.45, 7) is 13.7. The van der Waals surface area contributed by atoms with E-state index in [4.69, 9.17) is 0 Å². The molecule has 0 aromatic heterocycles. The van der Waals surface area contributed by atoms with Crippen LogP contribution in [-0.2, 0) is 13.1 Å². The van der Waals surface area contributed by atoms with Gasteiger partial charge in [0.05, 0.1) is 0 Å². The number of hydrogen-bond donors (Lipinski definition) is 1. The Morgan fingerprint density at radius 3 is 2.62 bits per heavy atom. The molecule has 1 aliphatic heterocycles. The number of rotatable bonds is 5. The van der Waals surface area contributed by atoms with Crippen LogP contribution in [0, 0.1) is 0 Å². The van der Waals surface area contributed by atoms with Crippen molar-refractivity contribution in [2.75, 3.05) is 18.8 Å². The Hall–Kier alpha value is -0.510. The van der Waals surface area contributed by atoms with Crippen molar-refractivity contribution < 1.29 is 0 Å². The highest BCUT2D eigenvalue weighted by Crippen LogP contribution is 2.31. The molecule has 0 atom stereocenters. The summed E-state index contributed by atoms with van der Waals surface area (Å²) >= 11 is 2.12. The van der Waals surface area contributed by atoms with Crippen molar-refractivity contribution in [3.8, 4) is 0 Å². The van der Waals surface area contributed by atoms with Gasteiger partial charge in [0.15, 0.2) is 0 Å². The molecule has 0 saturated carbocycles. The van der Waals surface area contributed by atoms with Crippen molar-refractivity contribution in [1.82, 2.24) is 10.2 Å². The maximum Gasteiger partial charge on any atom is 0.0237 e. The molecule has 1 fully saturated rings. The van der Waals surface area contributed by atoms with Crippen molar-refractivity contribution >= 4 is 11.8 Å². The zero-order valence-corrected chi connectivity index (χ0v) is 14.8. The van der Waals surface area contributed by atoms with E-state index in [9.17, 15) is 0 Å². The fourth-order valence-corrected chi connectivity index (χ4v) is 3.80. The van der Waals surface area contributed by atoms with Gasteiger partial charge in [0.25, 0.3) is 0 Å². The predicted molar refractivity (Wildman–Crippen MR) is 94.8 cm³/mol. The Balaban J connectivity index is 1.98. The van der Waals surface area contributed by atoms with Crippen molar-refractivity contribution in [1.29, 1.82) is 0 Å². The van der Waals surface area contributed by atoms with E-state index in [1.807, 2.05) is 0 Å². The van der Waals surface area contributed by atoms with Gasteiger partial charge in [-0.25, -0.2) is 0 Å². The van der Waals surface area contributed by atoms with Gasteiger partial charge in [0, 0.05) is 36.2 Å². The molecule has 3 heteroatoms. The van der Waals surface area contributed by atoms with Crippen LogP contribution in [0.25, 0.3) is 0 Å². The molecular formula is C18H30N2S. The second-order valence-corrected chi connectivity index (χ2v) is 8.74. The van der Waals surface area contributed by atoms with Gasteiger partial charge in [-0.15, -0.1) is 0 Å². The molecule has 1 saturated heterocycles. The zero-order valence-electron chi connectivity index (χ0n) is 14.0. The molecule has 1 aromatic rings. The molecule has 118 valence electrons. The first-order chi connectivity index (χ1) is 9.96. The minimum Gasteiger partial charge on any atom is -0.310 e. The first-order valence-electron chi connectivity index (χ1n) is 8.13. The largest absolute Gasteiger partial charge is 0.310 e. The lowest BCUT2D eigenvalue weighted by molar-refractivity contribution is 0.275. The summed E-state index contributed by atoms with van der Waals surface area (Å²) in [4.78, 5) is 2.62. The van der Waals surface area contributed by atoms with Gasteiger partial charge in [-0.3, -0.25) is 4.90 Å². The number of nitrogens with zero attached hydrogens (tertiary/aromatic N) is 1. The molecule has 1 heterocycles. The lowest BCUT2D eigenvalue weighted by Crippen LogP contribution is -2.28. The second kappa shape index (κ2) is 7.66. The van der Waals surface area contributed by atoms with E-state index >= 15 is 0 Å². The van der Waals surface area contributed by atoms with Crippen LogP contribution in [0.1, 0.15) is 45.2 Å². The Morgan fingerprint density at radius 2 is 1.90 bits per heavy atom. The molecule has 1 aromatic carbocycles. The van der Waals surface area contributed by atoms with Gasteiger partial charge < -0.3 is 5.32 Å². The second-order valence-electron chi connectivity index (χ2n) is 6.94. The summed E-state index contributed by atoms with van der Waals surface area (Å²) in [7, 11) is 0. The average Bonchev–Trinajstić information content (AvgIpc) is 2.59. The van der Waals surface area contributed by atoms with Gasteiger partial charge in [-0.05, 0) is 24.1 Å². The maximum absolute atomic E-state index is 3.54. The van der Waals surface area contributed by atoms with Gasteiger partial charge in [-0.1, -0.05) is 52.0 Å². The number of hydrogen-bond acceptors (Lipinski definition) is 3. The maximum atomic E-state index is 3.54. The van der Waals surface area contributed by atoms with Crippen molar-refractivity contribution in [2.24, 2.45) is 0 Å². The first kappa shape index (κ1) is 16.9. The third-order valence-corrected chi connectivity index (χ3v) is 5.52. The first-order valence-corrected chi connectivity index (χ1v) is 9.11. The summed E-state index contributed by atoms with van der Waals surface area (Å²) in [6.07, 6.45) is 1.28. The topological polar surface area (TPSA) is 15.3 Å². The minimum atomic E-state index is 0.438. The van der Waals surface area contributed by atoms with Gasteiger partial charge in [0.2, 0.25) is 0 Å². The lowest BCUT2D eigenvalue weighted by atomic mass is 10.1. The van der Waals surface area contributed by atoms with E-state index in [1.165, 1.54) is 36.4 Å². The van der Waals surface area contributed by atoms with Crippen LogP contribution in [-0.4, -0.2) is 34.5 Å². The molecule has 1 N–H and O–H groups in total. The fraction of sp³-hybridized carbons (Fsp3) is 0.667. The summed E-state index contributed by atoms with van der Waals surface area (Å²) in [5, 5.41) is 3.54. The normalized spacial score (nSPS) is 19.7. The molecule has 0 amide bonds. The molecule has 2 nitrogen and oxygen atoms in total. The van der Waals surface area contributed by atoms with Crippen molar-refractivity contribution in [3.05, 3.63) is 35.4 Å². The molecular weight excluding hydrogens is 276 g/mol. The Morgan fingerprint density at radius 1 is 1.19 bits per heavy atom. The highest BCUT2D eigenvalue weighted by molar-refractivity contribution is 8.00. The van der Waals surface area contributed by atoms with Gasteiger partial charge in [0.1, 0.15) is 0 Å². The van der Waals surface area contributed by atoms with Crippen LogP contribution in [0.2, 0.25) is 0 Å². The summed E-state index contributed by atoms with van der Waals surface area (Å²) < 4.78 is 0.438. The number of nitrogens with one attached hydrogen (secondary N) is 1. The molecule has 0 aliphatic carbocycles. The van der Waals surface area contributed by atoms with Crippen molar-refractivity contribution in [2.45, 2.75) is 58.0 Å². The van der Waals surface area contributed by atoms with Crippen LogP contribution in [0.5, 0.6) is 0 Å². The number of thioether (sulfide) groups is 1. The van der Waals surface area contributed by atoms with Gasteiger partial charge >= 0.3 is 0 Å². The molecule has 0 spiro atoms. The van der Waals surface area contributed by atoms with E-state index in [0.29, 0.717) is 10.8 Å². The molecule has 0 radical (unpaired) electrons. The summed E-state index contributed by atoms with van der Waals surface area (Å²) in [6, 6.07) is 9.42. The number of benzene rings is 1. The van der Waals surface area contributed by atoms with Crippen LogP contribution in [0.15, 0.2) is 24.3 Å². The zero-order chi connectivity index (χ0) is 15.3. The molecule has 21 heavy (non-hydrogen) atoms. The summed E-state index contributed by atoms with van der Waals surface area (Å²) in [5.41, 5.74) is 2.93. The standard InChI is InChI=1S/C18H30N2S/c1-15(2)19-13-16-7-5-6-8-17(16)14-20-10-9-18(3,4)21-12-11-20/h5-8,15,19H,9-14H2,1-4H3. The van der Waals surface area contributed by atoms with Gasteiger partial charge in [-0.2, -0.15) is 11.8 Å². The monoisotopic (exact) mass is 306 g/mol. The molecule has 1 aliphatic rings. The highest BCUT2D eigenvalue weighted by atomic mass is 32.2. The quantitative estimate of drug-likeness (QED) is 0.888. The smallest absolute Gasteiger partial charge is 0.0237 e. The van der Waals surface area contributed by atoms with Crippen LogP contribution < -0.4 is 5.32 Å². The third kappa shape index (κ3) is 5.65. The average molecular weight is 307 g/mol. The summed E-state index contributed by atoms with van der Waals surface area (Å²) in [5.74, 6) is 1.25. The van der Waals surface area contributed by atoms with Crippen molar-refractivity contribution in [3.63, 3.8) is 0 Å². The predicted octanol–water partition coefficient (Wildman–Crippen LogP) is 3.90. The van der Waals surface area contributed by atoms with E-state index in [2.05, 4.69) is 73.9 Å². The SMILES string of the molecule is CC(C)NCc1ccccc1CN1CCSC(C)(C)CC1. The third-order valence-electron chi connectivity index (χ3n) is 4.14.